The zero-order valence-electron chi connectivity index (χ0n) is 11.6. The second kappa shape index (κ2) is 6.23. The molecule has 2 N–H and O–H groups in total. The van der Waals surface area contributed by atoms with E-state index < -0.39 is 6.09 Å². The maximum absolute atomic E-state index is 12.4. The third-order valence-electron chi connectivity index (χ3n) is 4.04. The highest BCUT2D eigenvalue weighted by Gasteiger charge is 2.34. The molecular weight excluding hydrogens is 246 g/mol. The molecule has 0 saturated carbocycles. The van der Waals surface area contributed by atoms with Crippen LogP contribution in [0.3, 0.4) is 0 Å². The first-order valence-electron chi connectivity index (χ1n) is 6.98. The summed E-state index contributed by atoms with van der Waals surface area (Å²) in [7, 11) is 1.35. The number of hydrogen-bond acceptors (Lipinski definition) is 4. The van der Waals surface area contributed by atoms with Crippen molar-refractivity contribution in [2.75, 3.05) is 26.7 Å². The van der Waals surface area contributed by atoms with Gasteiger partial charge in [0.2, 0.25) is 5.91 Å². The Bertz CT molecular complexity index is 348. The summed E-state index contributed by atoms with van der Waals surface area (Å²) in [5.74, 6) is 0.551. The summed E-state index contributed by atoms with van der Waals surface area (Å²) in [5, 5.41) is 6.06. The van der Waals surface area contributed by atoms with Crippen LogP contribution in [-0.4, -0.2) is 55.7 Å². The molecule has 0 radical (unpaired) electrons. The average Bonchev–Trinajstić information content (AvgIpc) is 2.87. The van der Waals surface area contributed by atoms with Gasteiger partial charge in [-0.1, -0.05) is 6.92 Å². The molecule has 0 aromatic carbocycles. The molecule has 0 aromatic heterocycles. The predicted octanol–water partition coefficient (Wildman–Crippen LogP) is 0.331. The Morgan fingerprint density at radius 3 is 2.84 bits per heavy atom. The number of nitrogens with one attached hydrogen (secondary N) is 2. The number of likely N-dealkylation sites (tertiary alicyclic amines) is 1. The SMILES string of the molecule is COC(=O)NC1CCN(C(=O)C2NCCCC2C)C1. The molecule has 0 aromatic rings. The number of piperidine rings is 1. The molecule has 2 saturated heterocycles. The second-order valence-electron chi connectivity index (χ2n) is 5.46. The number of hydrogen-bond donors (Lipinski definition) is 2. The van der Waals surface area contributed by atoms with Crippen LogP contribution >= 0.6 is 0 Å². The Balaban J connectivity index is 1.85. The van der Waals surface area contributed by atoms with E-state index in [1.54, 1.807) is 0 Å². The van der Waals surface area contributed by atoms with Gasteiger partial charge in [0, 0.05) is 13.1 Å². The molecule has 2 aliphatic rings. The maximum atomic E-state index is 12.4. The van der Waals surface area contributed by atoms with Crippen LogP contribution < -0.4 is 10.6 Å². The molecule has 0 bridgehead atoms. The summed E-state index contributed by atoms with van der Waals surface area (Å²) in [6.45, 7) is 4.32. The molecule has 0 spiro atoms. The highest BCUT2D eigenvalue weighted by atomic mass is 16.5. The molecule has 2 heterocycles. The molecule has 3 unspecified atom stereocenters. The predicted molar refractivity (Wildman–Crippen MR) is 70.7 cm³/mol. The van der Waals surface area contributed by atoms with Crippen LogP contribution in [0, 0.1) is 5.92 Å². The topological polar surface area (TPSA) is 70.7 Å². The zero-order chi connectivity index (χ0) is 13.8. The van der Waals surface area contributed by atoms with Gasteiger partial charge in [-0.2, -0.15) is 0 Å². The van der Waals surface area contributed by atoms with E-state index in [0.717, 1.165) is 25.8 Å². The largest absolute Gasteiger partial charge is 0.453 e. The van der Waals surface area contributed by atoms with Crippen LogP contribution in [0.1, 0.15) is 26.2 Å². The van der Waals surface area contributed by atoms with Gasteiger partial charge in [0.15, 0.2) is 0 Å². The number of nitrogens with zero attached hydrogens (tertiary/aromatic N) is 1. The quantitative estimate of drug-likeness (QED) is 0.758. The molecule has 2 fully saturated rings. The molecule has 6 heteroatoms. The molecular formula is C13H23N3O3. The van der Waals surface area contributed by atoms with E-state index in [0.29, 0.717) is 19.0 Å². The standard InChI is InChI=1S/C13H23N3O3/c1-9-4-3-6-14-11(9)12(17)16-7-5-10(8-16)15-13(18)19-2/h9-11,14H,3-8H2,1-2H3,(H,15,18). The summed E-state index contributed by atoms with van der Waals surface area (Å²) < 4.78 is 4.58. The van der Waals surface area contributed by atoms with Crippen molar-refractivity contribution in [1.82, 2.24) is 15.5 Å². The van der Waals surface area contributed by atoms with Gasteiger partial charge >= 0.3 is 6.09 Å². The number of carbonyl (C=O) groups is 2. The Hall–Kier alpha value is -1.30. The van der Waals surface area contributed by atoms with E-state index in [-0.39, 0.29) is 18.0 Å². The van der Waals surface area contributed by atoms with Crippen LogP contribution in [0.5, 0.6) is 0 Å². The van der Waals surface area contributed by atoms with Crippen molar-refractivity contribution in [3.8, 4) is 0 Å². The van der Waals surface area contributed by atoms with Gasteiger partial charge in [-0.25, -0.2) is 4.79 Å². The molecule has 19 heavy (non-hydrogen) atoms. The van der Waals surface area contributed by atoms with Crippen LogP contribution in [0.15, 0.2) is 0 Å². The van der Waals surface area contributed by atoms with Crippen molar-refractivity contribution in [1.29, 1.82) is 0 Å². The van der Waals surface area contributed by atoms with E-state index in [2.05, 4.69) is 22.3 Å². The van der Waals surface area contributed by atoms with Crippen molar-refractivity contribution in [3.05, 3.63) is 0 Å². The molecule has 2 rings (SSSR count). The fraction of sp³-hybridized carbons (Fsp3) is 0.846. The summed E-state index contributed by atoms with van der Waals surface area (Å²) in [5.41, 5.74) is 0. The maximum Gasteiger partial charge on any atom is 0.407 e. The fourth-order valence-electron chi connectivity index (χ4n) is 2.88. The number of rotatable bonds is 2. The fourth-order valence-corrected chi connectivity index (χ4v) is 2.88. The summed E-state index contributed by atoms with van der Waals surface area (Å²) >= 11 is 0. The lowest BCUT2D eigenvalue weighted by atomic mass is 9.92. The van der Waals surface area contributed by atoms with E-state index in [4.69, 9.17) is 0 Å². The Kier molecular flexibility index (Phi) is 4.63. The van der Waals surface area contributed by atoms with Gasteiger partial charge < -0.3 is 20.3 Å². The van der Waals surface area contributed by atoms with Crippen LogP contribution in [-0.2, 0) is 9.53 Å². The number of carbonyl (C=O) groups excluding carboxylic acids is 2. The van der Waals surface area contributed by atoms with Crippen LogP contribution in [0.4, 0.5) is 4.79 Å². The molecule has 6 nitrogen and oxygen atoms in total. The lowest BCUT2D eigenvalue weighted by molar-refractivity contribution is -0.134. The highest BCUT2D eigenvalue weighted by molar-refractivity contribution is 5.82. The zero-order valence-corrected chi connectivity index (χ0v) is 11.6. The third-order valence-corrected chi connectivity index (χ3v) is 4.04. The summed E-state index contributed by atoms with van der Waals surface area (Å²) in [6, 6.07) is -0.0547. The van der Waals surface area contributed by atoms with Gasteiger partial charge in [0.05, 0.1) is 19.2 Å². The van der Waals surface area contributed by atoms with Crippen molar-refractivity contribution in [2.45, 2.75) is 38.3 Å². The van der Waals surface area contributed by atoms with E-state index in [9.17, 15) is 9.59 Å². The lowest BCUT2D eigenvalue weighted by Gasteiger charge is -2.32. The van der Waals surface area contributed by atoms with Gasteiger partial charge in [-0.05, 0) is 31.7 Å². The first-order chi connectivity index (χ1) is 9.11. The molecule has 3 atom stereocenters. The molecule has 0 aliphatic carbocycles. The van der Waals surface area contributed by atoms with Crippen LogP contribution in [0.25, 0.3) is 0 Å². The van der Waals surface area contributed by atoms with Gasteiger partial charge in [-0.15, -0.1) is 0 Å². The number of methoxy groups -OCH3 is 1. The molecule has 2 aliphatic heterocycles. The molecule has 108 valence electrons. The van der Waals surface area contributed by atoms with Crippen molar-refractivity contribution in [2.24, 2.45) is 5.92 Å². The van der Waals surface area contributed by atoms with Crippen LogP contribution in [0.2, 0.25) is 0 Å². The van der Waals surface area contributed by atoms with E-state index in [1.165, 1.54) is 7.11 Å². The van der Waals surface area contributed by atoms with E-state index >= 15 is 0 Å². The Morgan fingerprint density at radius 2 is 2.16 bits per heavy atom. The highest BCUT2D eigenvalue weighted by Crippen LogP contribution is 2.19. The monoisotopic (exact) mass is 269 g/mol. The third kappa shape index (κ3) is 3.37. The van der Waals surface area contributed by atoms with Crippen molar-refractivity contribution >= 4 is 12.0 Å². The first kappa shape index (κ1) is 14.1. The normalized spacial score (nSPS) is 31.1. The Morgan fingerprint density at radius 1 is 1.37 bits per heavy atom. The van der Waals surface area contributed by atoms with Gasteiger partial charge in [0.1, 0.15) is 0 Å². The van der Waals surface area contributed by atoms with E-state index in [1.807, 2.05) is 4.90 Å². The number of alkyl carbamates (subject to hydrolysis) is 1. The second-order valence-corrected chi connectivity index (χ2v) is 5.46. The minimum Gasteiger partial charge on any atom is -0.453 e. The minimum atomic E-state index is -0.427. The smallest absolute Gasteiger partial charge is 0.407 e. The minimum absolute atomic E-state index is 0.00953. The Labute approximate surface area is 113 Å². The van der Waals surface area contributed by atoms with Gasteiger partial charge in [-0.3, -0.25) is 4.79 Å². The summed E-state index contributed by atoms with van der Waals surface area (Å²) in [4.78, 5) is 25.4. The molecule has 2 amide bonds. The first-order valence-corrected chi connectivity index (χ1v) is 6.98. The lowest BCUT2D eigenvalue weighted by Crippen LogP contribution is -2.52. The average molecular weight is 269 g/mol. The van der Waals surface area contributed by atoms with Gasteiger partial charge in [0.25, 0.3) is 0 Å². The number of amides is 2. The summed E-state index contributed by atoms with van der Waals surface area (Å²) in [6.07, 6.45) is 2.60. The number of ether oxygens (including phenoxy) is 1. The van der Waals surface area contributed by atoms with Crippen molar-refractivity contribution < 1.29 is 14.3 Å². The van der Waals surface area contributed by atoms with Crippen molar-refractivity contribution in [3.63, 3.8) is 0 Å².